The molecule has 17 heavy (non-hydrogen) atoms. The SMILES string of the molecule is CN1[C@H]2CC[C@H]1C(=O)/C(=C/c1ccccc1)C2. The molecule has 0 unspecified atom stereocenters. The summed E-state index contributed by atoms with van der Waals surface area (Å²) in [6, 6.07) is 10.9. The number of rotatable bonds is 1. The summed E-state index contributed by atoms with van der Waals surface area (Å²) in [5, 5.41) is 0. The number of nitrogens with zero attached hydrogens (tertiary/aromatic N) is 1. The molecule has 2 aliphatic heterocycles. The fraction of sp³-hybridized carbons (Fsp3) is 0.400. The van der Waals surface area contributed by atoms with E-state index in [1.54, 1.807) is 0 Å². The van der Waals surface area contributed by atoms with Crippen molar-refractivity contribution in [3.63, 3.8) is 0 Å². The van der Waals surface area contributed by atoms with E-state index >= 15 is 0 Å². The van der Waals surface area contributed by atoms with Crippen molar-refractivity contribution in [1.82, 2.24) is 4.90 Å². The van der Waals surface area contributed by atoms with Gasteiger partial charge in [0.1, 0.15) is 0 Å². The fourth-order valence-electron chi connectivity index (χ4n) is 3.02. The van der Waals surface area contributed by atoms with Crippen molar-refractivity contribution in [2.45, 2.75) is 31.3 Å². The first-order valence-corrected chi connectivity index (χ1v) is 6.27. The van der Waals surface area contributed by atoms with Crippen molar-refractivity contribution in [2.75, 3.05) is 7.05 Å². The van der Waals surface area contributed by atoms with Crippen molar-refractivity contribution in [3.05, 3.63) is 41.5 Å². The van der Waals surface area contributed by atoms with Crippen LogP contribution in [-0.2, 0) is 4.79 Å². The van der Waals surface area contributed by atoms with Crippen LogP contribution in [0.2, 0.25) is 0 Å². The van der Waals surface area contributed by atoms with E-state index < -0.39 is 0 Å². The zero-order chi connectivity index (χ0) is 11.8. The normalized spacial score (nSPS) is 31.1. The van der Waals surface area contributed by atoms with E-state index in [0.717, 1.165) is 24.0 Å². The Labute approximate surface area is 102 Å². The molecule has 2 atom stereocenters. The van der Waals surface area contributed by atoms with Crippen LogP contribution in [0.3, 0.4) is 0 Å². The molecule has 0 aliphatic carbocycles. The number of hydrogen-bond donors (Lipinski definition) is 0. The lowest BCUT2D eigenvalue weighted by Gasteiger charge is -2.31. The second-order valence-electron chi connectivity index (χ2n) is 5.06. The maximum atomic E-state index is 12.3. The van der Waals surface area contributed by atoms with Crippen LogP contribution >= 0.6 is 0 Å². The second-order valence-corrected chi connectivity index (χ2v) is 5.06. The molecule has 0 N–H and O–H groups in total. The minimum Gasteiger partial charge on any atom is -0.293 e. The van der Waals surface area contributed by atoms with Crippen molar-refractivity contribution in [2.24, 2.45) is 0 Å². The third-order valence-corrected chi connectivity index (χ3v) is 4.06. The lowest BCUT2D eigenvalue weighted by Crippen LogP contribution is -2.43. The first-order valence-electron chi connectivity index (χ1n) is 6.27. The van der Waals surface area contributed by atoms with Gasteiger partial charge in [0.05, 0.1) is 6.04 Å². The molecule has 88 valence electrons. The molecule has 2 saturated heterocycles. The van der Waals surface area contributed by atoms with Gasteiger partial charge in [-0.1, -0.05) is 30.3 Å². The van der Waals surface area contributed by atoms with E-state index in [2.05, 4.69) is 30.2 Å². The molecule has 0 aromatic heterocycles. The molecule has 1 aromatic carbocycles. The van der Waals surface area contributed by atoms with Gasteiger partial charge in [-0.3, -0.25) is 9.69 Å². The summed E-state index contributed by atoms with van der Waals surface area (Å²) in [6.45, 7) is 0. The van der Waals surface area contributed by atoms with Crippen molar-refractivity contribution >= 4 is 11.9 Å². The van der Waals surface area contributed by atoms with Crippen molar-refractivity contribution < 1.29 is 4.79 Å². The first kappa shape index (κ1) is 10.7. The summed E-state index contributed by atoms with van der Waals surface area (Å²) in [5.74, 6) is 0.338. The molecule has 0 radical (unpaired) electrons. The highest BCUT2D eigenvalue weighted by Gasteiger charge is 2.41. The van der Waals surface area contributed by atoms with E-state index in [0.29, 0.717) is 11.8 Å². The molecule has 2 aliphatic rings. The van der Waals surface area contributed by atoms with E-state index in [1.807, 2.05) is 18.2 Å². The number of piperidine rings is 1. The fourth-order valence-corrected chi connectivity index (χ4v) is 3.02. The number of fused-ring (bicyclic) bond motifs is 2. The van der Waals surface area contributed by atoms with Crippen molar-refractivity contribution in [3.8, 4) is 0 Å². The molecule has 3 rings (SSSR count). The predicted molar refractivity (Wildman–Crippen MR) is 68.6 cm³/mol. The van der Waals surface area contributed by atoms with Gasteiger partial charge in [-0.2, -0.15) is 0 Å². The summed E-state index contributed by atoms with van der Waals surface area (Å²) < 4.78 is 0. The van der Waals surface area contributed by atoms with Crippen LogP contribution < -0.4 is 0 Å². The third kappa shape index (κ3) is 1.83. The molecule has 2 nitrogen and oxygen atoms in total. The van der Waals surface area contributed by atoms with Gasteiger partial charge >= 0.3 is 0 Å². The molecular weight excluding hydrogens is 210 g/mol. The maximum Gasteiger partial charge on any atom is 0.176 e. The Bertz CT molecular complexity index is 463. The van der Waals surface area contributed by atoms with Gasteiger partial charge in [-0.25, -0.2) is 0 Å². The Kier molecular flexibility index (Phi) is 2.60. The summed E-state index contributed by atoms with van der Waals surface area (Å²) >= 11 is 0. The Morgan fingerprint density at radius 3 is 2.76 bits per heavy atom. The number of likely N-dealkylation sites (N-methyl/N-ethyl adjacent to an activating group) is 1. The lowest BCUT2D eigenvalue weighted by molar-refractivity contribution is -0.121. The molecule has 2 bridgehead atoms. The van der Waals surface area contributed by atoms with Gasteiger partial charge in [-0.05, 0) is 43.5 Å². The van der Waals surface area contributed by atoms with Crippen LogP contribution in [0.25, 0.3) is 6.08 Å². The average molecular weight is 227 g/mol. The molecule has 0 spiro atoms. The van der Waals surface area contributed by atoms with Gasteiger partial charge in [0.25, 0.3) is 0 Å². The largest absolute Gasteiger partial charge is 0.293 e. The zero-order valence-corrected chi connectivity index (χ0v) is 10.1. The Morgan fingerprint density at radius 1 is 1.24 bits per heavy atom. The minimum absolute atomic E-state index is 0.142. The summed E-state index contributed by atoms with van der Waals surface area (Å²) in [6.07, 6.45) is 5.19. The van der Waals surface area contributed by atoms with E-state index in [-0.39, 0.29) is 6.04 Å². The molecular formula is C15H17NO. The third-order valence-electron chi connectivity index (χ3n) is 4.06. The van der Waals surface area contributed by atoms with Gasteiger partial charge in [0.15, 0.2) is 5.78 Å². The molecule has 2 heterocycles. The molecule has 0 amide bonds. The molecule has 0 saturated carbocycles. The number of carbonyl (C=O) groups excluding carboxylic acids is 1. The van der Waals surface area contributed by atoms with Crippen LogP contribution in [0.15, 0.2) is 35.9 Å². The minimum atomic E-state index is 0.142. The molecule has 2 fully saturated rings. The van der Waals surface area contributed by atoms with Crippen LogP contribution in [0.5, 0.6) is 0 Å². The number of carbonyl (C=O) groups is 1. The second kappa shape index (κ2) is 4.11. The lowest BCUT2D eigenvalue weighted by atomic mass is 9.94. The number of ketones is 1. The Balaban J connectivity index is 1.91. The number of hydrogen-bond acceptors (Lipinski definition) is 2. The van der Waals surface area contributed by atoms with E-state index in [9.17, 15) is 4.79 Å². The molecule has 2 heteroatoms. The highest BCUT2D eigenvalue weighted by molar-refractivity contribution is 6.04. The molecule has 1 aromatic rings. The van der Waals surface area contributed by atoms with Gasteiger partial charge in [0, 0.05) is 6.04 Å². The average Bonchev–Trinajstić information content (AvgIpc) is 2.61. The van der Waals surface area contributed by atoms with E-state index in [1.165, 1.54) is 6.42 Å². The summed E-state index contributed by atoms with van der Waals surface area (Å²) in [5.41, 5.74) is 2.15. The van der Waals surface area contributed by atoms with E-state index in [4.69, 9.17) is 0 Å². The number of benzene rings is 1. The van der Waals surface area contributed by atoms with Gasteiger partial charge < -0.3 is 0 Å². The van der Waals surface area contributed by atoms with Crippen LogP contribution in [0, 0.1) is 0 Å². The Morgan fingerprint density at radius 2 is 2.00 bits per heavy atom. The highest BCUT2D eigenvalue weighted by atomic mass is 16.1. The van der Waals surface area contributed by atoms with Crippen molar-refractivity contribution in [1.29, 1.82) is 0 Å². The Hall–Kier alpha value is -1.41. The number of Topliss-reactive ketones (excluding diaryl/α,β-unsaturated/α-hetero) is 1. The monoisotopic (exact) mass is 227 g/mol. The highest BCUT2D eigenvalue weighted by Crippen LogP contribution is 2.35. The van der Waals surface area contributed by atoms with Gasteiger partial charge in [-0.15, -0.1) is 0 Å². The maximum absolute atomic E-state index is 12.3. The smallest absolute Gasteiger partial charge is 0.176 e. The van der Waals surface area contributed by atoms with Crippen LogP contribution in [-0.4, -0.2) is 29.8 Å². The van der Waals surface area contributed by atoms with Crippen LogP contribution in [0.4, 0.5) is 0 Å². The summed E-state index contributed by atoms with van der Waals surface area (Å²) in [4.78, 5) is 14.5. The predicted octanol–water partition coefficient (Wildman–Crippen LogP) is 2.51. The summed E-state index contributed by atoms with van der Waals surface area (Å²) in [7, 11) is 2.08. The quantitative estimate of drug-likeness (QED) is 0.687. The van der Waals surface area contributed by atoms with Gasteiger partial charge in [0.2, 0.25) is 0 Å². The first-order chi connectivity index (χ1) is 8.25. The topological polar surface area (TPSA) is 20.3 Å². The standard InChI is InChI=1S/C15H17NO/c1-16-13-7-8-14(16)15(17)12(10-13)9-11-5-3-2-4-6-11/h2-6,9,13-14H,7-8,10H2,1H3/b12-9+/t13-,14-/m0/s1. The van der Waals surface area contributed by atoms with Crippen LogP contribution in [0.1, 0.15) is 24.8 Å². The zero-order valence-electron chi connectivity index (χ0n) is 10.1.